The minimum Gasteiger partial charge on any atom is -0.494 e. The molecular weight excluding hydrogens is 570 g/mol. The van der Waals surface area contributed by atoms with E-state index in [0.717, 1.165) is 32.5 Å². The van der Waals surface area contributed by atoms with Gasteiger partial charge in [0, 0.05) is 5.56 Å². The van der Waals surface area contributed by atoms with Crippen LogP contribution in [0.25, 0.3) is 22.3 Å². The highest BCUT2D eigenvalue weighted by molar-refractivity contribution is 9.10. The average Bonchev–Trinajstić information content (AvgIpc) is 2.90. The molecule has 1 heterocycles. The van der Waals surface area contributed by atoms with E-state index >= 15 is 0 Å². The lowest BCUT2D eigenvalue weighted by atomic mass is 9.96. The number of ether oxygens (including phenoxy) is 3. The van der Waals surface area contributed by atoms with Crippen LogP contribution < -0.4 is 19.8 Å². The van der Waals surface area contributed by atoms with Gasteiger partial charge in [-0.1, -0.05) is 26.0 Å². The standard InChI is InChI=1S/C32H36BrN3O4/c1-8-38-28-14-21(7)25(17-24(28)19(3)4)31-35-27-13-11-10-12-23(27)32(37)36(31)34-18-22-15-26(33)30(40-20(5)6)29(16-22)39-9-2/h10-20H,8-9H2,1-7H3. The minimum atomic E-state index is -0.250. The van der Waals surface area contributed by atoms with Gasteiger partial charge in [0.25, 0.3) is 5.56 Å². The van der Waals surface area contributed by atoms with Crippen molar-refractivity contribution in [1.82, 2.24) is 9.66 Å². The quantitative estimate of drug-likeness (QED) is 0.173. The van der Waals surface area contributed by atoms with Crippen molar-refractivity contribution in [1.29, 1.82) is 0 Å². The molecule has 0 spiro atoms. The number of nitrogens with zero attached hydrogens (tertiary/aromatic N) is 3. The summed E-state index contributed by atoms with van der Waals surface area (Å²) in [7, 11) is 0. The van der Waals surface area contributed by atoms with Crippen LogP contribution in [0.5, 0.6) is 17.2 Å². The second kappa shape index (κ2) is 12.7. The fourth-order valence-electron chi connectivity index (χ4n) is 4.48. The SMILES string of the molecule is CCOc1cc(C)c(-c2nc3ccccc3c(=O)n2N=Cc2cc(Br)c(OC(C)C)c(OCC)c2)cc1C(C)C. The molecule has 0 unspecified atom stereocenters. The summed E-state index contributed by atoms with van der Waals surface area (Å²) in [5.74, 6) is 2.75. The Morgan fingerprint density at radius 3 is 2.38 bits per heavy atom. The third-order valence-electron chi connectivity index (χ3n) is 6.28. The first-order valence-corrected chi connectivity index (χ1v) is 14.4. The molecule has 0 radical (unpaired) electrons. The summed E-state index contributed by atoms with van der Waals surface area (Å²) in [4.78, 5) is 18.7. The van der Waals surface area contributed by atoms with Crippen LogP contribution in [0.2, 0.25) is 0 Å². The van der Waals surface area contributed by atoms with Gasteiger partial charge in [-0.2, -0.15) is 9.78 Å². The Kier molecular flexibility index (Phi) is 9.30. The van der Waals surface area contributed by atoms with Gasteiger partial charge in [0.2, 0.25) is 0 Å². The summed E-state index contributed by atoms with van der Waals surface area (Å²) in [5, 5.41) is 5.17. The Bertz CT molecular complexity index is 1610. The van der Waals surface area contributed by atoms with E-state index in [-0.39, 0.29) is 17.6 Å². The predicted molar refractivity (Wildman–Crippen MR) is 166 cm³/mol. The molecule has 0 bridgehead atoms. The molecule has 4 aromatic rings. The van der Waals surface area contributed by atoms with Crippen molar-refractivity contribution >= 4 is 33.0 Å². The van der Waals surface area contributed by atoms with Gasteiger partial charge in [-0.05, 0) is 110 Å². The van der Waals surface area contributed by atoms with Crippen LogP contribution in [0.1, 0.15) is 64.2 Å². The van der Waals surface area contributed by atoms with Crippen LogP contribution in [0, 0.1) is 6.92 Å². The number of hydrogen-bond donors (Lipinski definition) is 0. The maximum Gasteiger partial charge on any atom is 0.282 e. The zero-order chi connectivity index (χ0) is 29.0. The first kappa shape index (κ1) is 29.3. The smallest absolute Gasteiger partial charge is 0.282 e. The summed E-state index contributed by atoms with van der Waals surface area (Å²) in [6, 6.07) is 15.2. The normalized spacial score (nSPS) is 11.7. The molecule has 0 N–H and O–H groups in total. The fourth-order valence-corrected chi connectivity index (χ4v) is 5.03. The van der Waals surface area contributed by atoms with Gasteiger partial charge in [-0.25, -0.2) is 4.98 Å². The molecule has 210 valence electrons. The second-order valence-electron chi connectivity index (χ2n) is 10.0. The van der Waals surface area contributed by atoms with Crippen molar-refractivity contribution in [3.8, 4) is 28.6 Å². The number of benzene rings is 3. The molecule has 0 atom stereocenters. The highest BCUT2D eigenvalue weighted by Gasteiger charge is 2.19. The van der Waals surface area contributed by atoms with E-state index in [2.05, 4.69) is 40.9 Å². The molecule has 0 aliphatic rings. The molecule has 0 aliphatic carbocycles. The molecular formula is C32H36BrN3O4. The zero-order valence-corrected chi connectivity index (χ0v) is 25.7. The van der Waals surface area contributed by atoms with Crippen LogP contribution in [0.3, 0.4) is 0 Å². The summed E-state index contributed by atoms with van der Waals surface area (Å²) in [5.41, 5.74) is 3.92. The summed E-state index contributed by atoms with van der Waals surface area (Å²) in [6.45, 7) is 15.1. The third kappa shape index (κ3) is 6.22. The van der Waals surface area contributed by atoms with E-state index in [1.54, 1.807) is 12.3 Å². The Hall–Kier alpha value is -3.65. The lowest BCUT2D eigenvalue weighted by molar-refractivity contribution is 0.222. The number of para-hydroxylation sites is 1. The van der Waals surface area contributed by atoms with Crippen LogP contribution in [-0.2, 0) is 0 Å². The van der Waals surface area contributed by atoms with E-state index in [4.69, 9.17) is 19.2 Å². The lowest BCUT2D eigenvalue weighted by Crippen LogP contribution is -2.21. The molecule has 7 nitrogen and oxygen atoms in total. The molecule has 0 saturated heterocycles. The Balaban J connectivity index is 1.92. The van der Waals surface area contributed by atoms with Gasteiger partial charge >= 0.3 is 0 Å². The summed E-state index contributed by atoms with van der Waals surface area (Å²) >= 11 is 3.61. The third-order valence-corrected chi connectivity index (χ3v) is 6.87. The maximum atomic E-state index is 13.8. The summed E-state index contributed by atoms with van der Waals surface area (Å²) in [6.07, 6.45) is 1.62. The first-order valence-electron chi connectivity index (χ1n) is 13.6. The topological polar surface area (TPSA) is 74.9 Å². The minimum absolute atomic E-state index is 0.0204. The highest BCUT2D eigenvalue weighted by atomic mass is 79.9. The van der Waals surface area contributed by atoms with Crippen molar-refractivity contribution in [2.75, 3.05) is 13.2 Å². The number of aromatic nitrogens is 2. The lowest BCUT2D eigenvalue weighted by Gasteiger charge is -2.18. The van der Waals surface area contributed by atoms with E-state index in [1.165, 1.54) is 4.68 Å². The highest BCUT2D eigenvalue weighted by Crippen LogP contribution is 2.38. The maximum absolute atomic E-state index is 13.8. The number of aryl methyl sites for hydroxylation is 1. The van der Waals surface area contributed by atoms with Crippen LogP contribution in [0.4, 0.5) is 0 Å². The molecule has 40 heavy (non-hydrogen) atoms. The monoisotopic (exact) mass is 605 g/mol. The number of hydrogen-bond acceptors (Lipinski definition) is 6. The number of halogens is 1. The Morgan fingerprint density at radius 2 is 1.70 bits per heavy atom. The van der Waals surface area contributed by atoms with Crippen LogP contribution in [0.15, 0.2) is 62.9 Å². The molecule has 4 rings (SSSR count). The van der Waals surface area contributed by atoms with E-state index in [9.17, 15) is 4.79 Å². The first-order chi connectivity index (χ1) is 19.1. The average molecular weight is 607 g/mol. The van der Waals surface area contributed by atoms with Gasteiger partial charge in [-0.3, -0.25) is 4.79 Å². The van der Waals surface area contributed by atoms with Gasteiger partial charge in [-0.15, -0.1) is 0 Å². The molecule has 1 aromatic heterocycles. The Morgan fingerprint density at radius 1 is 1.00 bits per heavy atom. The van der Waals surface area contributed by atoms with Crippen molar-refractivity contribution in [3.05, 3.63) is 80.0 Å². The van der Waals surface area contributed by atoms with Gasteiger partial charge < -0.3 is 14.2 Å². The van der Waals surface area contributed by atoms with Crippen molar-refractivity contribution < 1.29 is 14.2 Å². The van der Waals surface area contributed by atoms with Gasteiger partial charge in [0.1, 0.15) is 5.75 Å². The number of fused-ring (bicyclic) bond motifs is 1. The summed E-state index contributed by atoms with van der Waals surface area (Å²) < 4.78 is 19.9. The number of rotatable bonds is 10. The molecule has 8 heteroatoms. The predicted octanol–water partition coefficient (Wildman–Crippen LogP) is 7.72. The second-order valence-corrected chi connectivity index (χ2v) is 10.9. The van der Waals surface area contributed by atoms with Gasteiger partial charge in [0.05, 0.1) is 40.9 Å². The molecule has 0 fully saturated rings. The van der Waals surface area contributed by atoms with Crippen molar-refractivity contribution in [2.24, 2.45) is 5.10 Å². The van der Waals surface area contributed by atoms with Crippen molar-refractivity contribution in [2.45, 2.75) is 60.5 Å². The van der Waals surface area contributed by atoms with E-state index in [0.29, 0.717) is 41.4 Å². The van der Waals surface area contributed by atoms with Crippen LogP contribution >= 0.6 is 15.9 Å². The molecule has 0 aliphatic heterocycles. The van der Waals surface area contributed by atoms with E-state index in [1.807, 2.05) is 71.0 Å². The largest absolute Gasteiger partial charge is 0.494 e. The van der Waals surface area contributed by atoms with E-state index < -0.39 is 0 Å². The molecule has 3 aromatic carbocycles. The molecule has 0 saturated carbocycles. The van der Waals surface area contributed by atoms with Crippen molar-refractivity contribution in [3.63, 3.8) is 0 Å². The van der Waals surface area contributed by atoms with Gasteiger partial charge in [0.15, 0.2) is 17.3 Å². The Labute approximate surface area is 243 Å². The fraction of sp³-hybridized carbons (Fsp3) is 0.344. The zero-order valence-electron chi connectivity index (χ0n) is 24.1. The molecule has 0 amide bonds. The van der Waals surface area contributed by atoms with Crippen LogP contribution in [-0.4, -0.2) is 35.2 Å².